The zero-order valence-corrected chi connectivity index (χ0v) is 31.1. The number of allylic oxidation sites excluding steroid dienone is 4. The van der Waals surface area contributed by atoms with E-state index in [2.05, 4.69) is 142 Å². The predicted molar refractivity (Wildman–Crippen MR) is 195 cm³/mol. The number of benzene rings is 2. The summed E-state index contributed by atoms with van der Waals surface area (Å²) in [5.74, 6) is 2.74. The molecule has 5 atom stereocenters. The van der Waals surface area contributed by atoms with E-state index in [9.17, 15) is 0 Å². The minimum absolute atomic E-state index is 0.0288. The highest BCUT2D eigenvalue weighted by atomic mass is 28.3. The lowest BCUT2D eigenvalue weighted by molar-refractivity contribution is 0.138. The van der Waals surface area contributed by atoms with E-state index in [1.807, 2.05) is 0 Å². The van der Waals surface area contributed by atoms with Gasteiger partial charge in [0.25, 0.3) is 0 Å². The van der Waals surface area contributed by atoms with E-state index in [4.69, 9.17) is 0 Å². The van der Waals surface area contributed by atoms with Gasteiger partial charge >= 0.3 is 0 Å². The maximum Gasteiger partial charge on any atom is 0.127 e. The second kappa shape index (κ2) is 10.8. The van der Waals surface area contributed by atoms with Crippen molar-refractivity contribution in [3.63, 3.8) is 0 Å². The number of hydrogen-bond donors (Lipinski definition) is 0. The lowest BCUT2D eigenvalue weighted by atomic mass is 9.74. The van der Waals surface area contributed by atoms with Gasteiger partial charge in [-0.1, -0.05) is 129 Å². The molecule has 5 unspecified atom stereocenters. The van der Waals surface area contributed by atoms with Crippen molar-refractivity contribution in [2.45, 2.75) is 142 Å². The highest BCUT2D eigenvalue weighted by Gasteiger charge is 2.58. The lowest BCUT2D eigenvalue weighted by Crippen LogP contribution is -2.65. The number of fused-ring (bicyclic) bond motifs is 4. The molecular weight excluding hydrogens is 547 g/mol. The van der Waals surface area contributed by atoms with E-state index >= 15 is 0 Å². The molecule has 0 heterocycles. The van der Waals surface area contributed by atoms with E-state index in [1.54, 1.807) is 11.1 Å². The summed E-state index contributed by atoms with van der Waals surface area (Å²) in [6.07, 6.45) is 12.6. The van der Waals surface area contributed by atoms with Crippen molar-refractivity contribution >= 4 is 13.8 Å². The first-order valence-corrected chi connectivity index (χ1v) is 21.0. The Hall–Kier alpha value is -1.90. The van der Waals surface area contributed by atoms with Gasteiger partial charge < -0.3 is 4.57 Å². The predicted octanol–water partition coefficient (Wildman–Crippen LogP) is 11.8. The normalized spacial score (nSPS) is 28.8. The fourth-order valence-corrected chi connectivity index (χ4v) is 16.8. The number of hydrogen-bond acceptors (Lipinski definition) is 1. The van der Waals surface area contributed by atoms with Gasteiger partial charge in [0.05, 0.1) is 0 Å². The van der Waals surface area contributed by atoms with E-state index in [-0.39, 0.29) is 16.4 Å². The van der Waals surface area contributed by atoms with E-state index in [0.29, 0.717) is 17.8 Å². The molecule has 0 bridgehead atoms. The molecule has 2 aromatic rings. The molecule has 1 nitrogen and oxygen atoms in total. The Morgan fingerprint density at radius 3 is 1.95 bits per heavy atom. The summed E-state index contributed by atoms with van der Waals surface area (Å²) < 4.78 is 3.14. The van der Waals surface area contributed by atoms with Gasteiger partial charge in [0.15, 0.2) is 0 Å². The Balaban J connectivity index is 1.40. The highest BCUT2D eigenvalue weighted by molar-refractivity contribution is 6.76. The summed E-state index contributed by atoms with van der Waals surface area (Å²) in [6.45, 7) is 30.1. The summed E-state index contributed by atoms with van der Waals surface area (Å²) in [5.41, 5.74) is 11.4. The fraction of sp³-hybridized carbons (Fsp3) is 0.619. The first-order valence-electron chi connectivity index (χ1n) is 17.9. The van der Waals surface area contributed by atoms with Gasteiger partial charge in [-0.2, -0.15) is 0 Å². The van der Waals surface area contributed by atoms with Crippen LogP contribution in [0.15, 0.2) is 60.2 Å². The molecule has 0 N–H and O–H groups in total. The second-order valence-electron chi connectivity index (χ2n) is 18.3. The zero-order chi connectivity index (χ0) is 32.0. The summed E-state index contributed by atoms with van der Waals surface area (Å²) in [7, 11) is -1.82. The van der Waals surface area contributed by atoms with Crippen LogP contribution in [-0.4, -0.2) is 24.4 Å². The molecule has 4 aliphatic rings. The van der Waals surface area contributed by atoms with Crippen molar-refractivity contribution in [2.24, 2.45) is 23.7 Å². The van der Waals surface area contributed by atoms with Gasteiger partial charge in [0.2, 0.25) is 0 Å². The molecule has 238 valence electrons. The first kappa shape index (κ1) is 32.1. The van der Waals surface area contributed by atoms with Crippen LogP contribution in [0.25, 0.3) is 16.7 Å². The largest absolute Gasteiger partial charge is 0.316 e. The standard InChI is InChI=1S/C42H61NSi/c1-27-28(2)39(44(11,12)43(41(6,7)8)32-16-14-13-15-17-32)36-25-35-33-23-20-30(29-18-21-31(22-19-29)40(3,4)5)24-37(33)42(9,10)38(35)26-34(27)36/h18-28,32,34,36,39H,13-17H2,1-12H3. The van der Waals surface area contributed by atoms with Crippen LogP contribution in [0, 0.1) is 23.7 Å². The number of nitrogens with zero attached hydrogens (tertiary/aromatic N) is 1. The van der Waals surface area contributed by atoms with Gasteiger partial charge in [-0.25, -0.2) is 0 Å². The van der Waals surface area contributed by atoms with Gasteiger partial charge in [-0.3, -0.25) is 0 Å². The topological polar surface area (TPSA) is 3.24 Å². The van der Waals surface area contributed by atoms with Crippen molar-refractivity contribution in [3.05, 3.63) is 76.9 Å². The Labute approximate surface area is 271 Å². The minimum atomic E-state index is -1.82. The van der Waals surface area contributed by atoms with Gasteiger partial charge in [0.1, 0.15) is 8.24 Å². The number of rotatable bonds is 4. The molecule has 2 saturated carbocycles. The molecule has 0 aliphatic heterocycles. The van der Waals surface area contributed by atoms with E-state index < -0.39 is 8.24 Å². The van der Waals surface area contributed by atoms with Crippen LogP contribution in [0.1, 0.15) is 118 Å². The summed E-state index contributed by atoms with van der Waals surface area (Å²) in [4.78, 5) is 0. The molecule has 2 fully saturated rings. The van der Waals surface area contributed by atoms with Crippen LogP contribution in [0.5, 0.6) is 0 Å². The molecular formula is C42H61NSi. The third-order valence-electron chi connectivity index (χ3n) is 12.7. The van der Waals surface area contributed by atoms with Crippen molar-refractivity contribution in [2.75, 3.05) is 0 Å². The van der Waals surface area contributed by atoms with Crippen molar-refractivity contribution in [1.29, 1.82) is 0 Å². The molecule has 6 rings (SSSR count). The van der Waals surface area contributed by atoms with Crippen LogP contribution in [0.2, 0.25) is 18.6 Å². The quantitative estimate of drug-likeness (QED) is 0.313. The summed E-state index contributed by atoms with van der Waals surface area (Å²) in [6, 6.07) is 17.4. The molecule has 2 heteroatoms. The Bertz CT molecular complexity index is 1450. The molecule has 0 spiro atoms. The van der Waals surface area contributed by atoms with Crippen molar-refractivity contribution < 1.29 is 0 Å². The molecule has 44 heavy (non-hydrogen) atoms. The van der Waals surface area contributed by atoms with Gasteiger partial charge in [-0.05, 0) is 113 Å². The molecule has 0 aromatic heterocycles. The van der Waals surface area contributed by atoms with E-state index in [0.717, 1.165) is 17.5 Å². The Morgan fingerprint density at radius 2 is 1.36 bits per heavy atom. The molecule has 4 aliphatic carbocycles. The second-order valence-corrected chi connectivity index (χ2v) is 22.7. The smallest absolute Gasteiger partial charge is 0.127 e. The van der Waals surface area contributed by atoms with Gasteiger partial charge in [0, 0.05) is 17.0 Å². The maximum absolute atomic E-state index is 3.14. The molecule has 0 radical (unpaired) electrons. The Morgan fingerprint density at radius 1 is 0.750 bits per heavy atom. The van der Waals surface area contributed by atoms with E-state index in [1.165, 1.54) is 59.9 Å². The molecule has 0 amide bonds. The van der Waals surface area contributed by atoms with Crippen LogP contribution in [0.4, 0.5) is 0 Å². The van der Waals surface area contributed by atoms with Crippen LogP contribution < -0.4 is 0 Å². The average Bonchev–Trinajstić information content (AvgIpc) is 3.32. The monoisotopic (exact) mass is 607 g/mol. The Kier molecular flexibility index (Phi) is 7.89. The van der Waals surface area contributed by atoms with Gasteiger partial charge in [-0.15, -0.1) is 0 Å². The SMILES string of the molecule is CC1C(C)C([Si](C)(C)N(C2CCCCC2)C(C)(C)C)C2C=C3C(=CC12)C(C)(C)c1cc(-c2ccc(C(C)(C)C)cc2)ccc13. The molecule has 0 saturated heterocycles. The van der Waals surface area contributed by atoms with Crippen LogP contribution in [-0.2, 0) is 10.8 Å². The van der Waals surface area contributed by atoms with Crippen LogP contribution >= 0.6 is 0 Å². The van der Waals surface area contributed by atoms with Crippen LogP contribution in [0.3, 0.4) is 0 Å². The third kappa shape index (κ3) is 5.15. The summed E-state index contributed by atoms with van der Waals surface area (Å²) in [5, 5.41) is 0. The maximum atomic E-state index is 3.14. The molecule has 2 aromatic carbocycles. The highest BCUT2D eigenvalue weighted by Crippen LogP contribution is 2.63. The lowest BCUT2D eigenvalue weighted by Gasteiger charge is -2.56. The van der Waals surface area contributed by atoms with Crippen molar-refractivity contribution in [1.82, 2.24) is 4.57 Å². The summed E-state index contributed by atoms with van der Waals surface area (Å²) >= 11 is 0. The average molecular weight is 608 g/mol. The minimum Gasteiger partial charge on any atom is -0.316 e. The zero-order valence-electron chi connectivity index (χ0n) is 30.1. The van der Waals surface area contributed by atoms with Crippen molar-refractivity contribution in [3.8, 4) is 11.1 Å². The first-order chi connectivity index (χ1) is 20.4. The fourth-order valence-electron chi connectivity index (χ4n) is 10.7. The third-order valence-corrected chi connectivity index (χ3v) is 17.5.